The van der Waals surface area contributed by atoms with Gasteiger partial charge in [0.1, 0.15) is 11.4 Å². The Balaban J connectivity index is 2.09. The number of ether oxygens (including phenoxy) is 2. The molecule has 0 atom stereocenters. The van der Waals surface area contributed by atoms with Gasteiger partial charge in [-0.05, 0) is 51.3 Å². The van der Waals surface area contributed by atoms with Crippen LogP contribution < -0.4 is 10.5 Å². The summed E-state index contributed by atoms with van der Waals surface area (Å²) in [4.78, 5) is 14.0. The van der Waals surface area contributed by atoms with E-state index in [4.69, 9.17) is 15.2 Å². The molecule has 1 aromatic carbocycles. The normalized spacial score (nSPS) is 17.7. The smallest absolute Gasteiger partial charge is 0.410 e. The van der Waals surface area contributed by atoms with Gasteiger partial charge in [-0.2, -0.15) is 0 Å². The molecule has 5 heteroatoms. The largest absolute Gasteiger partial charge is 0.497 e. The average Bonchev–Trinajstić information content (AvgIpc) is 2.53. The quantitative estimate of drug-likeness (QED) is 0.930. The van der Waals surface area contributed by atoms with Crippen LogP contribution in [0.1, 0.15) is 39.2 Å². The number of carbonyl (C=O) groups is 1. The molecule has 1 fully saturated rings. The van der Waals surface area contributed by atoms with Gasteiger partial charge in [-0.3, -0.25) is 0 Å². The fraction of sp³-hybridized carbons (Fsp3) is 0.611. The molecule has 5 nitrogen and oxygen atoms in total. The molecule has 1 aromatic rings. The Hall–Kier alpha value is -1.75. The van der Waals surface area contributed by atoms with E-state index in [2.05, 4.69) is 12.1 Å². The molecule has 23 heavy (non-hydrogen) atoms. The summed E-state index contributed by atoms with van der Waals surface area (Å²) in [5.41, 5.74) is 6.72. The molecule has 2 N–H and O–H groups in total. The van der Waals surface area contributed by atoms with E-state index in [1.54, 1.807) is 12.0 Å². The predicted octanol–water partition coefficient (Wildman–Crippen LogP) is 2.92. The van der Waals surface area contributed by atoms with Gasteiger partial charge in [-0.25, -0.2) is 4.79 Å². The number of piperidine rings is 1. The summed E-state index contributed by atoms with van der Waals surface area (Å²) in [6, 6.07) is 8.07. The molecule has 0 aliphatic carbocycles. The first-order chi connectivity index (χ1) is 10.8. The van der Waals surface area contributed by atoms with Crippen LogP contribution in [0.4, 0.5) is 4.79 Å². The highest BCUT2D eigenvalue weighted by atomic mass is 16.6. The molecule has 1 saturated heterocycles. The van der Waals surface area contributed by atoms with Crippen LogP contribution in [0.3, 0.4) is 0 Å². The van der Waals surface area contributed by atoms with Gasteiger partial charge in [0.05, 0.1) is 7.11 Å². The lowest BCUT2D eigenvalue weighted by Gasteiger charge is -2.41. The molecule has 1 aliphatic heterocycles. The fourth-order valence-electron chi connectivity index (χ4n) is 3.01. The van der Waals surface area contributed by atoms with Gasteiger partial charge in [-0.1, -0.05) is 12.1 Å². The minimum absolute atomic E-state index is 0.104. The van der Waals surface area contributed by atoms with Gasteiger partial charge < -0.3 is 20.1 Å². The highest BCUT2D eigenvalue weighted by Gasteiger charge is 2.37. The summed E-state index contributed by atoms with van der Waals surface area (Å²) in [6.07, 6.45) is 1.42. The molecule has 1 amide bonds. The van der Waals surface area contributed by atoms with E-state index < -0.39 is 5.60 Å². The molecular formula is C18H28N2O3. The van der Waals surface area contributed by atoms with E-state index in [0.717, 1.165) is 18.6 Å². The Morgan fingerprint density at radius 3 is 2.48 bits per heavy atom. The minimum Gasteiger partial charge on any atom is -0.497 e. The molecule has 0 radical (unpaired) electrons. The molecule has 0 saturated carbocycles. The van der Waals surface area contributed by atoms with Gasteiger partial charge in [-0.15, -0.1) is 0 Å². The maximum atomic E-state index is 12.2. The Labute approximate surface area is 138 Å². The van der Waals surface area contributed by atoms with E-state index in [9.17, 15) is 4.79 Å². The highest BCUT2D eigenvalue weighted by Crippen LogP contribution is 2.36. The number of likely N-dealkylation sites (tertiary alicyclic amines) is 1. The Bertz CT molecular complexity index is 543. The highest BCUT2D eigenvalue weighted by molar-refractivity contribution is 5.68. The van der Waals surface area contributed by atoms with Gasteiger partial charge in [0.15, 0.2) is 0 Å². The molecule has 0 spiro atoms. The second-order valence-electron chi connectivity index (χ2n) is 7.18. The van der Waals surface area contributed by atoms with Crippen LogP contribution in [0.15, 0.2) is 24.3 Å². The lowest BCUT2D eigenvalue weighted by atomic mass is 9.73. The first-order valence-corrected chi connectivity index (χ1v) is 8.12. The molecule has 0 unspecified atom stereocenters. The van der Waals surface area contributed by atoms with Crippen molar-refractivity contribution in [3.63, 3.8) is 0 Å². The summed E-state index contributed by atoms with van der Waals surface area (Å²) in [5.74, 6) is 0.838. The second-order valence-corrected chi connectivity index (χ2v) is 7.18. The predicted molar refractivity (Wildman–Crippen MR) is 90.8 cm³/mol. The van der Waals surface area contributed by atoms with E-state index >= 15 is 0 Å². The van der Waals surface area contributed by atoms with Crippen molar-refractivity contribution >= 4 is 6.09 Å². The Morgan fingerprint density at radius 2 is 1.96 bits per heavy atom. The topological polar surface area (TPSA) is 64.8 Å². The van der Waals surface area contributed by atoms with Crippen LogP contribution in [0.5, 0.6) is 5.75 Å². The monoisotopic (exact) mass is 320 g/mol. The minimum atomic E-state index is -0.466. The third-order valence-corrected chi connectivity index (χ3v) is 4.45. The first kappa shape index (κ1) is 17.6. The fourth-order valence-corrected chi connectivity index (χ4v) is 3.01. The number of nitrogens with two attached hydrogens (primary N) is 1. The standard InChI is InChI=1S/C18H28N2O3/c1-17(2,3)23-16(21)20-10-8-18(13-19,9-11-20)14-6-5-7-15(12-14)22-4/h5-7,12H,8-11,13,19H2,1-4H3. The van der Waals surface area contributed by atoms with Crippen LogP contribution in [0.25, 0.3) is 0 Å². The van der Waals surface area contributed by atoms with Crippen LogP contribution >= 0.6 is 0 Å². The maximum Gasteiger partial charge on any atom is 0.410 e. The summed E-state index contributed by atoms with van der Waals surface area (Å²) >= 11 is 0. The number of nitrogens with zero attached hydrogens (tertiary/aromatic N) is 1. The van der Waals surface area contributed by atoms with Crippen molar-refractivity contribution < 1.29 is 14.3 Å². The molecule has 2 rings (SSSR count). The van der Waals surface area contributed by atoms with Gasteiger partial charge >= 0.3 is 6.09 Å². The third kappa shape index (κ3) is 4.16. The van der Waals surface area contributed by atoms with Gasteiger partial charge in [0.2, 0.25) is 0 Å². The zero-order valence-corrected chi connectivity index (χ0v) is 14.6. The first-order valence-electron chi connectivity index (χ1n) is 8.12. The van der Waals surface area contributed by atoms with Crippen LogP contribution in [0.2, 0.25) is 0 Å². The van der Waals surface area contributed by atoms with Crippen LogP contribution in [0, 0.1) is 0 Å². The Kier molecular flexibility index (Phi) is 5.19. The summed E-state index contributed by atoms with van der Waals surface area (Å²) in [5, 5.41) is 0. The van der Waals surface area contributed by atoms with E-state index in [1.165, 1.54) is 5.56 Å². The SMILES string of the molecule is COc1cccc(C2(CN)CCN(C(=O)OC(C)(C)C)CC2)c1. The maximum absolute atomic E-state index is 12.2. The number of hydrogen-bond acceptors (Lipinski definition) is 4. The van der Waals surface area contributed by atoms with Crippen molar-refractivity contribution in [1.29, 1.82) is 0 Å². The van der Waals surface area contributed by atoms with E-state index in [1.807, 2.05) is 32.9 Å². The van der Waals surface area contributed by atoms with Gasteiger partial charge in [0.25, 0.3) is 0 Å². The molecule has 128 valence electrons. The lowest BCUT2D eigenvalue weighted by Crippen LogP contribution is -2.49. The van der Waals surface area contributed by atoms with Crippen molar-refractivity contribution in [1.82, 2.24) is 4.90 Å². The Morgan fingerprint density at radius 1 is 1.30 bits per heavy atom. The molecular weight excluding hydrogens is 292 g/mol. The van der Waals surface area contributed by atoms with Crippen molar-refractivity contribution in [2.24, 2.45) is 5.73 Å². The summed E-state index contributed by atoms with van der Waals surface area (Å²) in [6.45, 7) is 7.52. The van der Waals surface area contributed by atoms with Crippen LogP contribution in [-0.4, -0.2) is 43.3 Å². The molecule has 0 aromatic heterocycles. The zero-order valence-electron chi connectivity index (χ0n) is 14.6. The number of benzene rings is 1. The second kappa shape index (κ2) is 6.79. The molecule has 1 heterocycles. The third-order valence-electron chi connectivity index (χ3n) is 4.45. The van der Waals surface area contributed by atoms with Crippen molar-refractivity contribution in [2.45, 2.75) is 44.6 Å². The number of methoxy groups -OCH3 is 1. The van der Waals surface area contributed by atoms with Gasteiger partial charge in [0, 0.05) is 25.0 Å². The number of carbonyl (C=O) groups excluding carboxylic acids is 1. The average molecular weight is 320 g/mol. The zero-order chi connectivity index (χ0) is 17.1. The van der Waals surface area contributed by atoms with E-state index in [0.29, 0.717) is 19.6 Å². The van der Waals surface area contributed by atoms with E-state index in [-0.39, 0.29) is 11.5 Å². The molecule has 1 aliphatic rings. The van der Waals surface area contributed by atoms with Crippen molar-refractivity contribution in [3.05, 3.63) is 29.8 Å². The summed E-state index contributed by atoms with van der Waals surface area (Å²) < 4.78 is 10.8. The van der Waals surface area contributed by atoms with Crippen LogP contribution in [-0.2, 0) is 10.2 Å². The number of hydrogen-bond donors (Lipinski definition) is 1. The lowest BCUT2D eigenvalue weighted by molar-refractivity contribution is 0.0167. The van der Waals surface area contributed by atoms with Crippen molar-refractivity contribution in [3.8, 4) is 5.75 Å². The number of rotatable bonds is 3. The summed E-state index contributed by atoms with van der Waals surface area (Å²) in [7, 11) is 1.67. The van der Waals surface area contributed by atoms with Crippen molar-refractivity contribution in [2.75, 3.05) is 26.7 Å². The molecule has 0 bridgehead atoms. The number of amides is 1.